The van der Waals surface area contributed by atoms with Gasteiger partial charge < -0.3 is 11.1 Å². The van der Waals surface area contributed by atoms with Crippen molar-refractivity contribution in [3.63, 3.8) is 0 Å². The van der Waals surface area contributed by atoms with Crippen molar-refractivity contribution in [2.75, 3.05) is 0 Å². The molecule has 0 spiro atoms. The van der Waals surface area contributed by atoms with Crippen molar-refractivity contribution in [3.05, 3.63) is 12.2 Å². The topological polar surface area (TPSA) is 55.1 Å². The molecule has 1 aliphatic rings. The summed E-state index contributed by atoms with van der Waals surface area (Å²) in [6, 6.07) is -0.000280. The molecule has 0 bridgehead atoms. The molecule has 0 aromatic carbocycles. The number of hydrogen-bond donors (Lipinski definition) is 2. The number of terminal acetylenes is 1. The lowest BCUT2D eigenvalue weighted by Crippen LogP contribution is -2.44. The molecule has 0 aromatic heterocycles. The molecule has 0 aliphatic heterocycles. The normalized spacial score (nSPS) is 25.9. The van der Waals surface area contributed by atoms with E-state index >= 15 is 0 Å². The number of nitrogens with two attached hydrogens (primary N) is 1. The highest BCUT2D eigenvalue weighted by molar-refractivity contribution is 5.82. The number of rotatable bonds is 2. The molecule has 76 valence electrons. The molecule has 0 radical (unpaired) electrons. The molecule has 0 saturated heterocycles. The van der Waals surface area contributed by atoms with Gasteiger partial charge in [-0.05, 0) is 20.3 Å². The van der Waals surface area contributed by atoms with Gasteiger partial charge in [0.05, 0.1) is 11.5 Å². The Morgan fingerprint density at radius 2 is 2.29 bits per heavy atom. The van der Waals surface area contributed by atoms with Crippen LogP contribution < -0.4 is 11.1 Å². The summed E-state index contributed by atoms with van der Waals surface area (Å²) in [5.74, 6) is 2.35. The Hall–Kier alpha value is -1.27. The zero-order valence-corrected chi connectivity index (χ0v) is 8.58. The minimum atomic E-state index is -0.586. The number of carbonyl (C=O) groups excluding carboxylic acids is 1. The van der Waals surface area contributed by atoms with Crippen molar-refractivity contribution in [2.45, 2.75) is 31.8 Å². The molecule has 2 atom stereocenters. The summed E-state index contributed by atoms with van der Waals surface area (Å²) >= 11 is 0. The molecule has 1 rings (SSSR count). The van der Waals surface area contributed by atoms with Gasteiger partial charge in [-0.1, -0.05) is 18.1 Å². The predicted octanol–water partition coefficient (Wildman–Crippen LogP) is 0.418. The van der Waals surface area contributed by atoms with Crippen LogP contribution in [0.25, 0.3) is 0 Å². The number of hydrogen-bond acceptors (Lipinski definition) is 2. The third-order valence-electron chi connectivity index (χ3n) is 2.25. The molecule has 14 heavy (non-hydrogen) atoms. The fourth-order valence-corrected chi connectivity index (χ4v) is 1.36. The van der Waals surface area contributed by atoms with Gasteiger partial charge in [0, 0.05) is 6.04 Å². The summed E-state index contributed by atoms with van der Waals surface area (Å²) in [5, 5.41) is 2.79. The number of amides is 1. The lowest BCUT2D eigenvalue weighted by Gasteiger charge is -2.21. The quantitative estimate of drug-likeness (QED) is 0.492. The van der Waals surface area contributed by atoms with Crippen LogP contribution in [0.3, 0.4) is 0 Å². The Morgan fingerprint density at radius 1 is 1.64 bits per heavy atom. The van der Waals surface area contributed by atoms with Crippen molar-refractivity contribution in [2.24, 2.45) is 11.7 Å². The Bertz CT molecular complexity index is 299. The molecule has 1 amide bonds. The van der Waals surface area contributed by atoms with E-state index < -0.39 is 5.54 Å². The summed E-state index contributed by atoms with van der Waals surface area (Å²) in [6.07, 6.45) is 9.64. The van der Waals surface area contributed by atoms with Crippen LogP contribution in [-0.2, 0) is 4.79 Å². The van der Waals surface area contributed by atoms with Gasteiger partial charge in [-0.15, -0.1) is 6.42 Å². The first-order valence-electron chi connectivity index (χ1n) is 4.68. The molecule has 3 nitrogen and oxygen atoms in total. The predicted molar refractivity (Wildman–Crippen MR) is 56.3 cm³/mol. The van der Waals surface area contributed by atoms with E-state index in [-0.39, 0.29) is 17.9 Å². The second-order valence-corrected chi connectivity index (χ2v) is 4.15. The van der Waals surface area contributed by atoms with Gasteiger partial charge in [0.2, 0.25) is 5.91 Å². The van der Waals surface area contributed by atoms with Gasteiger partial charge in [0.25, 0.3) is 0 Å². The fourth-order valence-electron chi connectivity index (χ4n) is 1.36. The maximum Gasteiger partial charge on any atom is 0.228 e. The standard InChI is InChI=1S/C11H16N2O/c1-4-11(2,3)13-10(14)8-5-6-9(12)7-8/h1,5-6,8-9H,7,12H2,2-3H3,(H,13,14). The Kier molecular flexibility index (Phi) is 2.97. The lowest BCUT2D eigenvalue weighted by atomic mass is 10.0. The monoisotopic (exact) mass is 192 g/mol. The van der Waals surface area contributed by atoms with Gasteiger partial charge in [0.15, 0.2) is 0 Å². The Morgan fingerprint density at radius 3 is 2.71 bits per heavy atom. The van der Waals surface area contributed by atoms with E-state index in [4.69, 9.17) is 12.2 Å². The molecular formula is C11H16N2O. The van der Waals surface area contributed by atoms with E-state index in [0.29, 0.717) is 6.42 Å². The van der Waals surface area contributed by atoms with E-state index in [2.05, 4.69) is 11.2 Å². The van der Waals surface area contributed by atoms with Crippen LogP contribution in [0, 0.1) is 18.3 Å². The smallest absolute Gasteiger partial charge is 0.228 e. The maximum absolute atomic E-state index is 11.7. The van der Waals surface area contributed by atoms with Gasteiger partial charge in [-0.2, -0.15) is 0 Å². The molecule has 0 fully saturated rings. The van der Waals surface area contributed by atoms with Crippen LogP contribution >= 0.6 is 0 Å². The van der Waals surface area contributed by atoms with E-state index in [0.717, 1.165) is 0 Å². The first-order chi connectivity index (χ1) is 6.44. The Labute approximate surface area is 84.7 Å². The molecule has 0 saturated carbocycles. The van der Waals surface area contributed by atoms with E-state index in [9.17, 15) is 4.79 Å². The molecule has 1 aliphatic carbocycles. The highest BCUT2D eigenvalue weighted by Gasteiger charge is 2.26. The first-order valence-corrected chi connectivity index (χ1v) is 4.68. The fraction of sp³-hybridized carbons (Fsp3) is 0.545. The van der Waals surface area contributed by atoms with Gasteiger partial charge in [0.1, 0.15) is 0 Å². The van der Waals surface area contributed by atoms with E-state index in [1.807, 2.05) is 12.2 Å². The third kappa shape index (κ3) is 2.61. The third-order valence-corrected chi connectivity index (χ3v) is 2.25. The molecule has 0 heterocycles. The molecular weight excluding hydrogens is 176 g/mol. The molecule has 3 heteroatoms. The minimum Gasteiger partial charge on any atom is -0.340 e. The van der Waals surface area contributed by atoms with Crippen molar-refractivity contribution in [1.82, 2.24) is 5.32 Å². The van der Waals surface area contributed by atoms with Crippen molar-refractivity contribution >= 4 is 5.91 Å². The van der Waals surface area contributed by atoms with Crippen molar-refractivity contribution in [3.8, 4) is 12.3 Å². The molecule has 3 N–H and O–H groups in total. The summed E-state index contributed by atoms with van der Waals surface area (Å²) in [4.78, 5) is 11.7. The molecule has 0 aromatic rings. The summed E-state index contributed by atoms with van der Waals surface area (Å²) < 4.78 is 0. The lowest BCUT2D eigenvalue weighted by molar-refractivity contribution is -0.124. The largest absolute Gasteiger partial charge is 0.340 e. The minimum absolute atomic E-state index is 0.000280. The first kappa shape index (κ1) is 10.8. The second kappa shape index (κ2) is 3.85. The van der Waals surface area contributed by atoms with Crippen molar-refractivity contribution in [1.29, 1.82) is 0 Å². The summed E-state index contributed by atoms with van der Waals surface area (Å²) in [6.45, 7) is 3.59. The second-order valence-electron chi connectivity index (χ2n) is 4.15. The Balaban J connectivity index is 2.53. The van der Waals surface area contributed by atoms with Gasteiger partial charge >= 0.3 is 0 Å². The highest BCUT2D eigenvalue weighted by Crippen LogP contribution is 2.17. The van der Waals surface area contributed by atoms with Gasteiger partial charge in [-0.3, -0.25) is 4.79 Å². The van der Waals surface area contributed by atoms with Crippen LogP contribution in [0.5, 0.6) is 0 Å². The van der Waals surface area contributed by atoms with Crippen LogP contribution in [0.1, 0.15) is 20.3 Å². The zero-order chi connectivity index (χ0) is 10.8. The number of carbonyl (C=O) groups is 1. The number of nitrogens with one attached hydrogen (secondary N) is 1. The maximum atomic E-state index is 11.7. The average molecular weight is 192 g/mol. The van der Waals surface area contributed by atoms with Crippen LogP contribution in [-0.4, -0.2) is 17.5 Å². The summed E-state index contributed by atoms with van der Waals surface area (Å²) in [7, 11) is 0. The average Bonchev–Trinajstić information content (AvgIpc) is 2.51. The van der Waals surface area contributed by atoms with Gasteiger partial charge in [-0.25, -0.2) is 0 Å². The zero-order valence-electron chi connectivity index (χ0n) is 8.58. The van der Waals surface area contributed by atoms with Crippen LogP contribution in [0.4, 0.5) is 0 Å². The SMILES string of the molecule is C#CC(C)(C)NC(=O)C1C=CC(N)C1. The van der Waals surface area contributed by atoms with E-state index in [1.54, 1.807) is 13.8 Å². The van der Waals surface area contributed by atoms with Crippen molar-refractivity contribution < 1.29 is 4.79 Å². The molecule has 2 unspecified atom stereocenters. The summed E-state index contributed by atoms with van der Waals surface area (Å²) in [5.41, 5.74) is 5.07. The van der Waals surface area contributed by atoms with Crippen LogP contribution in [0.2, 0.25) is 0 Å². The van der Waals surface area contributed by atoms with Crippen LogP contribution in [0.15, 0.2) is 12.2 Å². The van der Waals surface area contributed by atoms with E-state index in [1.165, 1.54) is 0 Å². The highest BCUT2D eigenvalue weighted by atomic mass is 16.2.